The van der Waals surface area contributed by atoms with Crippen molar-refractivity contribution in [1.29, 1.82) is 0 Å². The van der Waals surface area contributed by atoms with Gasteiger partial charge in [-0.1, -0.05) is 0 Å². The number of nitrogens with zero attached hydrogens (tertiary/aromatic N) is 3. The van der Waals surface area contributed by atoms with Crippen LogP contribution in [0.2, 0.25) is 0 Å². The molecule has 1 aromatic heterocycles. The van der Waals surface area contributed by atoms with Gasteiger partial charge in [0.25, 0.3) is 0 Å². The van der Waals surface area contributed by atoms with E-state index in [0.29, 0.717) is 18.1 Å². The van der Waals surface area contributed by atoms with Gasteiger partial charge in [0, 0.05) is 20.1 Å². The smallest absolute Gasteiger partial charge is 0.341 e. The lowest BCUT2D eigenvalue weighted by molar-refractivity contribution is 0.0524. The van der Waals surface area contributed by atoms with E-state index in [-0.39, 0.29) is 5.97 Å². The van der Waals surface area contributed by atoms with E-state index in [0.717, 1.165) is 38.3 Å². The second kappa shape index (κ2) is 6.16. The van der Waals surface area contributed by atoms with Gasteiger partial charge in [-0.25, -0.2) is 4.79 Å². The third kappa shape index (κ3) is 3.13. The predicted molar refractivity (Wildman–Crippen MR) is 71.6 cm³/mol. The summed E-state index contributed by atoms with van der Waals surface area (Å²) in [5.41, 5.74) is 7.18. The van der Waals surface area contributed by atoms with Crippen LogP contribution in [0.5, 0.6) is 0 Å². The van der Waals surface area contributed by atoms with Gasteiger partial charge in [0.2, 0.25) is 0 Å². The zero-order valence-electron chi connectivity index (χ0n) is 11.6. The molecule has 1 atom stereocenters. The van der Waals surface area contributed by atoms with Crippen molar-refractivity contribution in [2.24, 2.45) is 18.7 Å². The Hall–Kier alpha value is -1.40. The Morgan fingerprint density at radius 1 is 1.63 bits per heavy atom. The van der Waals surface area contributed by atoms with Gasteiger partial charge in [-0.2, -0.15) is 5.10 Å². The first kappa shape index (κ1) is 14.0. The van der Waals surface area contributed by atoms with Crippen LogP contribution in [0.4, 0.5) is 0 Å². The van der Waals surface area contributed by atoms with Crippen LogP contribution in [-0.4, -0.2) is 46.9 Å². The number of hydrogen-bond acceptors (Lipinski definition) is 5. The van der Waals surface area contributed by atoms with Crippen LogP contribution in [0.25, 0.3) is 0 Å². The van der Waals surface area contributed by atoms with E-state index in [4.69, 9.17) is 10.5 Å². The number of hydrogen-bond donors (Lipinski definition) is 1. The second-order valence-corrected chi connectivity index (χ2v) is 4.97. The quantitative estimate of drug-likeness (QED) is 0.780. The molecule has 1 aliphatic heterocycles. The highest BCUT2D eigenvalue weighted by Crippen LogP contribution is 2.19. The molecule has 106 valence electrons. The first-order valence-electron chi connectivity index (χ1n) is 6.76. The molecule has 0 aromatic carbocycles. The normalized spacial score (nSPS) is 19.8. The number of ether oxygens (including phenoxy) is 1. The highest BCUT2D eigenvalue weighted by molar-refractivity contribution is 5.90. The lowest BCUT2D eigenvalue weighted by Crippen LogP contribution is -2.25. The summed E-state index contributed by atoms with van der Waals surface area (Å²) in [7, 11) is 1.86. The molecule has 1 aliphatic rings. The van der Waals surface area contributed by atoms with E-state index in [1.807, 2.05) is 7.05 Å². The van der Waals surface area contributed by atoms with Crippen LogP contribution >= 0.6 is 0 Å². The molecule has 0 bridgehead atoms. The van der Waals surface area contributed by atoms with Crippen molar-refractivity contribution >= 4 is 5.97 Å². The Kier molecular flexibility index (Phi) is 4.55. The van der Waals surface area contributed by atoms with Gasteiger partial charge in [0.1, 0.15) is 5.56 Å². The Bertz CT molecular complexity index is 444. The molecule has 2 heterocycles. The number of nitrogens with two attached hydrogens (primary N) is 1. The molecule has 1 unspecified atom stereocenters. The van der Waals surface area contributed by atoms with Crippen LogP contribution in [0.1, 0.15) is 29.4 Å². The molecule has 19 heavy (non-hydrogen) atoms. The molecule has 1 fully saturated rings. The van der Waals surface area contributed by atoms with Gasteiger partial charge in [-0.15, -0.1) is 0 Å². The van der Waals surface area contributed by atoms with E-state index in [9.17, 15) is 4.79 Å². The number of aryl methyl sites for hydroxylation is 1. The Morgan fingerprint density at radius 3 is 3.05 bits per heavy atom. The van der Waals surface area contributed by atoms with Crippen molar-refractivity contribution < 1.29 is 9.53 Å². The maximum atomic E-state index is 11.9. The summed E-state index contributed by atoms with van der Waals surface area (Å²) in [5, 5.41) is 4.17. The van der Waals surface area contributed by atoms with Gasteiger partial charge in [-0.05, 0) is 32.4 Å². The third-order valence-corrected chi connectivity index (χ3v) is 3.63. The average Bonchev–Trinajstić information content (AvgIpc) is 2.98. The molecule has 1 aromatic rings. The molecule has 0 radical (unpaired) electrons. The van der Waals surface area contributed by atoms with Gasteiger partial charge in [0.15, 0.2) is 0 Å². The number of aromatic nitrogens is 2. The van der Waals surface area contributed by atoms with Crippen molar-refractivity contribution in [3.05, 3.63) is 17.5 Å². The molecule has 1 saturated heterocycles. The van der Waals surface area contributed by atoms with Crippen LogP contribution in [0, 0.1) is 5.92 Å². The van der Waals surface area contributed by atoms with Crippen molar-refractivity contribution in [1.82, 2.24) is 14.7 Å². The fraction of sp³-hybridized carbons (Fsp3) is 0.692. The number of carbonyl (C=O) groups is 1. The van der Waals surface area contributed by atoms with Crippen molar-refractivity contribution in [2.45, 2.75) is 19.9 Å². The Morgan fingerprint density at radius 2 is 2.42 bits per heavy atom. The number of likely N-dealkylation sites (tertiary alicyclic amines) is 1. The monoisotopic (exact) mass is 266 g/mol. The number of carbonyl (C=O) groups excluding carboxylic acids is 1. The summed E-state index contributed by atoms with van der Waals surface area (Å²) in [5.74, 6) is 0.277. The van der Waals surface area contributed by atoms with E-state index >= 15 is 0 Å². The Balaban J connectivity index is 2.07. The van der Waals surface area contributed by atoms with E-state index in [1.54, 1.807) is 17.8 Å². The third-order valence-electron chi connectivity index (χ3n) is 3.63. The van der Waals surface area contributed by atoms with Crippen LogP contribution in [-0.2, 0) is 18.3 Å². The van der Waals surface area contributed by atoms with Crippen LogP contribution in [0.3, 0.4) is 0 Å². The molecule has 0 aliphatic carbocycles. The minimum Gasteiger partial charge on any atom is -0.462 e. The second-order valence-electron chi connectivity index (χ2n) is 4.97. The summed E-state index contributed by atoms with van der Waals surface area (Å²) in [6, 6.07) is 0. The van der Waals surface area contributed by atoms with Gasteiger partial charge >= 0.3 is 5.97 Å². The minimum absolute atomic E-state index is 0.292. The molecule has 6 nitrogen and oxygen atoms in total. The largest absolute Gasteiger partial charge is 0.462 e. The number of rotatable bonds is 5. The van der Waals surface area contributed by atoms with E-state index in [1.165, 1.54) is 0 Å². The molecule has 2 rings (SSSR count). The topological polar surface area (TPSA) is 73.4 Å². The molecule has 2 N–H and O–H groups in total. The van der Waals surface area contributed by atoms with Gasteiger partial charge < -0.3 is 10.5 Å². The standard InChI is InChI=1S/C13H22N4O2/c1-3-19-13(18)11-7-15-16(2)12(11)9-17-5-4-10(6-14)8-17/h7,10H,3-6,8-9,14H2,1-2H3. The van der Waals surface area contributed by atoms with Gasteiger partial charge in [0.05, 0.1) is 18.5 Å². The van der Waals surface area contributed by atoms with Gasteiger partial charge in [-0.3, -0.25) is 9.58 Å². The fourth-order valence-corrected chi connectivity index (χ4v) is 2.49. The molecule has 0 amide bonds. The predicted octanol–water partition coefficient (Wildman–Crippen LogP) is 0.377. The highest BCUT2D eigenvalue weighted by atomic mass is 16.5. The summed E-state index contributed by atoms with van der Waals surface area (Å²) in [6.07, 6.45) is 2.72. The van der Waals surface area contributed by atoms with Crippen molar-refractivity contribution in [3.63, 3.8) is 0 Å². The first-order valence-corrected chi connectivity index (χ1v) is 6.76. The minimum atomic E-state index is -0.292. The molecular formula is C13H22N4O2. The number of esters is 1. The SMILES string of the molecule is CCOC(=O)c1cnn(C)c1CN1CCC(CN)C1. The van der Waals surface area contributed by atoms with Crippen LogP contribution < -0.4 is 5.73 Å². The molecular weight excluding hydrogens is 244 g/mol. The molecule has 0 spiro atoms. The Labute approximate surface area is 113 Å². The maximum absolute atomic E-state index is 11.9. The van der Waals surface area contributed by atoms with Crippen LogP contribution in [0.15, 0.2) is 6.20 Å². The summed E-state index contributed by atoms with van der Waals surface area (Å²) >= 11 is 0. The maximum Gasteiger partial charge on any atom is 0.341 e. The fourth-order valence-electron chi connectivity index (χ4n) is 2.49. The molecule has 6 heteroatoms. The zero-order chi connectivity index (χ0) is 13.8. The van der Waals surface area contributed by atoms with E-state index < -0.39 is 0 Å². The van der Waals surface area contributed by atoms with E-state index in [2.05, 4.69) is 10.00 Å². The first-order chi connectivity index (χ1) is 9.15. The summed E-state index contributed by atoms with van der Waals surface area (Å²) < 4.78 is 6.81. The summed E-state index contributed by atoms with van der Waals surface area (Å²) in [6.45, 7) is 5.65. The van der Waals surface area contributed by atoms with Crippen molar-refractivity contribution in [2.75, 3.05) is 26.2 Å². The van der Waals surface area contributed by atoms with Crippen molar-refractivity contribution in [3.8, 4) is 0 Å². The molecule has 0 saturated carbocycles. The highest BCUT2D eigenvalue weighted by Gasteiger charge is 2.25. The zero-order valence-corrected chi connectivity index (χ0v) is 11.6. The average molecular weight is 266 g/mol. The summed E-state index contributed by atoms with van der Waals surface area (Å²) in [4.78, 5) is 14.2. The lowest BCUT2D eigenvalue weighted by Gasteiger charge is -2.16. The lowest BCUT2D eigenvalue weighted by atomic mass is 10.1.